The first kappa shape index (κ1) is 17.9. The molecular weight excluding hydrogens is 364 g/mol. The predicted molar refractivity (Wildman–Crippen MR) is 105 cm³/mol. The molecule has 140 valence electrons. The number of fused-ring (bicyclic) bond motifs is 3. The van der Waals surface area contributed by atoms with Gasteiger partial charge in [-0.15, -0.1) is 0 Å². The van der Waals surface area contributed by atoms with Gasteiger partial charge in [0, 0.05) is 24.2 Å². The first-order valence-electron chi connectivity index (χ1n) is 8.78. The van der Waals surface area contributed by atoms with Crippen LogP contribution in [0.5, 0.6) is 5.75 Å². The SMILES string of the molecule is CON(C)C(=O)[C@H]1[C@H](c2cccc(Cl)c2)C=CN2c3ccccc3O[C@]12C. The van der Waals surface area contributed by atoms with Crippen molar-refractivity contribution in [3.8, 4) is 5.75 Å². The van der Waals surface area contributed by atoms with Gasteiger partial charge in [-0.1, -0.05) is 41.9 Å². The van der Waals surface area contributed by atoms with Gasteiger partial charge in [0.25, 0.3) is 5.91 Å². The Labute approximate surface area is 163 Å². The van der Waals surface area contributed by atoms with Crippen LogP contribution in [0.2, 0.25) is 5.02 Å². The molecule has 2 heterocycles. The molecule has 2 aromatic carbocycles. The molecule has 1 amide bonds. The molecule has 0 fully saturated rings. The maximum atomic E-state index is 13.3. The van der Waals surface area contributed by atoms with Gasteiger partial charge in [-0.25, -0.2) is 5.06 Å². The zero-order valence-corrected chi connectivity index (χ0v) is 16.2. The summed E-state index contributed by atoms with van der Waals surface area (Å²) in [4.78, 5) is 20.6. The number of hydrogen-bond acceptors (Lipinski definition) is 4. The molecule has 0 aromatic heterocycles. The van der Waals surface area contributed by atoms with E-state index < -0.39 is 11.6 Å². The van der Waals surface area contributed by atoms with Crippen LogP contribution in [0.15, 0.2) is 60.8 Å². The van der Waals surface area contributed by atoms with Crippen molar-refractivity contribution < 1.29 is 14.4 Å². The number of ether oxygens (including phenoxy) is 1. The number of carbonyl (C=O) groups is 1. The third kappa shape index (κ3) is 2.78. The summed E-state index contributed by atoms with van der Waals surface area (Å²) < 4.78 is 6.35. The third-order valence-corrected chi connectivity index (χ3v) is 5.62. The molecular formula is C21H21ClN2O3. The minimum absolute atomic E-state index is 0.160. The third-order valence-electron chi connectivity index (χ3n) is 5.38. The van der Waals surface area contributed by atoms with Gasteiger partial charge in [-0.2, -0.15) is 0 Å². The van der Waals surface area contributed by atoms with E-state index in [9.17, 15) is 4.79 Å². The number of benzene rings is 2. The van der Waals surface area contributed by atoms with Crippen molar-refractivity contribution in [2.24, 2.45) is 5.92 Å². The number of nitrogens with zero attached hydrogens (tertiary/aromatic N) is 2. The smallest absolute Gasteiger partial charge is 0.255 e. The first-order valence-corrected chi connectivity index (χ1v) is 9.16. The Kier molecular flexibility index (Phi) is 4.36. The van der Waals surface area contributed by atoms with Crippen molar-refractivity contribution >= 4 is 23.2 Å². The minimum Gasteiger partial charge on any atom is -0.465 e. The summed E-state index contributed by atoms with van der Waals surface area (Å²) in [7, 11) is 3.10. The predicted octanol–water partition coefficient (Wildman–Crippen LogP) is 4.20. The highest BCUT2D eigenvalue weighted by atomic mass is 35.5. The van der Waals surface area contributed by atoms with Gasteiger partial charge in [0.15, 0.2) is 5.72 Å². The van der Waals surface area contributed by atoms with E-state index in [1.54, 1.807) is 7.05 Å². The van der Waals surface area contributed by atoms with Crippen molar-refractivity contribution in [1.29, 1.82) is 0 Å². The van der Waals surface area contributed by atoms with Gasteiger partial charge in [0.2, 0.25) is 0 Å². The van der Waals surface area contributed by atoms with Crippen LogP contribution in [0.1, 0.15) is 18.4 Å². The van der Waals surface area contributed by atoms with E-state index in [4.69, 9.17) is 21.2 Å². The van der Waals surface area contributed by atoms with Gasteiger partial charge >= 0.3 is 0 Å². The van der Waals surface area contributed by atoms with Crippen molar-refractivity contribution in [2.45, 2.75) is 18.6 Å². The number of anilines is 1. The number of hydrogen-bond donors (Lipinski definition) is 0. The second-order valence-corrected chi connectivity index (χ2v) is 7.35. The Balaban J connectivity index is 1.85. The Morgan fingerprint density at radius 1 is 1.26 bits per heavy atom. The van der Waals surface area contributed by atoms with Gasteiger partial charge in [-0.3, -0.25) is 9.63 Å². The first-order chi connectivity index (χ1) is 13.0. The van der Waals surface area contributed by atoms with Gasteiger partial charge < -0.3 is 9.64 Å². The Morgan fingerprint density at radius 3 is 2.78 bits per heavy atom. The lowest BCUT2D eigenvalue weighted by atomic mass is 9.76. The monoisotopic (exact) mass is 384 g/mol. The van der Waals surface area contributed by atoms with Crippen LogP contribution in [0.3, 0.4) is 0 Å². The fourth-order valence-corrected chi connectivity index (χ4v) is 4.20. The van der Waals surface area contributed by atoms with E-state index in [2.05, 4.69) is 0 Å². The molecule has 0 spiro atoms. The number of allylic oxidation sites excluding steroid dienone is 1. The molecule has 0 N–H and O–H groups in total. The summed E-state index contributed by atoms with van der Waals surface area (Å²) in [5.41, 5.74) is 1.02. The number of amides is 1. The van der Waals surface area contributed by atoms with Crippen LogP contribution in [-0.4, -0.2) is 30.9 Å². The average Bonchev–Trinajstić information content (AvgIpc) is 2.97. The zero-order valence-electron chi connectivity index (χ0n) is 15.4. The number of hydroxylamine groups is 2. The Bertz CT molecular complexity index is 916. The van der Waals surface area contributed by atoms with Gasteiger partial charge in [0.05, 0.1) is 12.8 Å². The second-order valence-electron chi connectivity index (χ2n) is 6.91. The fraction of sp³-hybridized carbons (Fsp3) is 0.286. The maximum Gasteiger partial charge on any atom is 0.255 e. The van der Waals surface area contributed by atoms with Gasteiger partial charge in [-0.05, 0) is 36.8 Å². The van der Waals surface area contributed by atoms with Gasteiger partial charge in [0.1, 0.15) is 11.7 Å². The number of carbonyl (C=O) groups excluding carboxylic acids is 1. The second kappa shape index (κ2) is 6.59. The molecule has 0 saturated carbocycles. The van der Waals surface area contributed by atoms with Crippen molar-refractivity contribution in [1.82, 2.24) is 5.06 Å². The lowest BCUT2D eigenvalue weighted by molar-refractivity contribution is -0.180. The summed E-state index contributed by atoms with van der Waals surface area (Å²) in [5, 5.41) is 1.90. The van der Waals surface area contributed by atoms with E-state index in [1.165, 1.54) is 12.2 Å². The maximum absolute atomic E-state index is 13.3. The van der Waals surface area contributed by atoms with Crippen LogP contribution >= 0.6 is 11.6 Å². The highest BCUT2D eigenvalue weighted by Gasteiger charge is 2.56. The molecule has 0 saturated heterocycles. The summed E-state index contributed by atoms with van der Waals surface area (Å²) in [6, 6.07) is 15.4. The fourth-order valence-electron chi connectivity index (χ4n) is 4.00. The standard InChI is InChI=1S/C21H21ClN2O3/c1-21-19(20(25)23(2)26-3)16(14-7-6-8-15(22)13-14)11-12-24(21)17-9-4-5-10-18(17)27-21/h4-13,16,19H,1-3H3/t16-,19+,21+/m0/s1. The summed E-state index contributed by atoms with van der Waals surface area (Å²) in [6.07, 6.45) is 4.03. The molecule has 2 aromatic rings. The summed E-state index contributed by atoms with van der Waals surface area (Å²) in [6.45, 7) is 1.94. The molecule has 2 aliphatic rings. The van der Waals surface area contributed by atoms with Crippen molar-refractivity contribution in [3.63, 3.8) is 0 Å². The van der Waals surface area contributed by atoms with E-state index in [-0.39, 0.29) is 11.8 Å². The Morgan fingerprint density at radius 2 is 2.04 bits per heavy atom. The van der Waals surface area contributed by atoms with Crippen LogP contribution in [-0.2, 0) is 9.63 Å². The minimum atomic E-state index is -0.880. The Hall–Kier alpha value is -2.50. The normalized spacial score (nSPS) is 25.6. The number of halogens is 1. The molecule has 3 atom stereocenters. The van der Waals surface area contributed by atoms with E-state index in [0.717, 1.165) is 17.0 Å². The largest absolute Gasteiger partial charge is 0.465 e. The zero-order chi connectivity index (χ0) is 19.2. The number of para-hydroxylation sites is 2. The van der Waals surface area contributed by atoms with Crippen molar-refractivity contribution in [3.05, 3.63) is 71.4 Å². The van der Waals surface area contributed by atoms with Crippen LogP contribution in [0.4, 0.5) is 5.69 Å². The molecule has 0 radical (unpaired) electrons. The van der Waals surface area contributed by atoms with Crippen LogP contribution < -0.4 is 9.64 Å². The highest BCUT2D eigenvalue weighted by molar-refractivity contribution is 6.30. The molecule has 0 unspecified atom stereocenters. The van der Waals surface area contributed by atoms with Crippen molar-refractivity contribution in [2.75, 3.05) is 19.1 Å². The average molecular weight is 385 g/mol. The van der Waals surface area contributed by atoms with Crippen LogP contribution in [0, 0.1) is 5.92 Å². The van der Waals surface area contributed by atoms with E-state index in [1.807, 2.05) is 72.6 Å². The molecule has 0 aliphatic carbocycles. The highest BCUT2D eigenvalue weighted by Crippen LogP contribution is 2.52. The molecule has 4 rings (SSSR count). The molecule has 2 aliphatic heterocycles. The van der Waals surface area contributed by atoms with E-state index in [0.29, 0.717) is 5.02 Å². The number of rotatable bonds is 3. The molecule has 0 bridgehead atoms. The topological polar surface area (TPSA) is 42.0 Å². The summed E-state index contributed by atoms with van der Waals surface area (Å²) >= 11 is 6.21. The summed E-state index contributed by atoms with van der Waals surface area (Å²) in [5.74, 6) is -0.135. The molecule has 6 heteroatoms. The van der Waals surface area contributed by atoms with E-state index >= 15 is 0 Å². The van der Waals surface area contributed by atoms with Crippen LogP contribution in [0.25, 0.3) is 0 Å². The quantitative estimate of drug-likeness (QED) is 0.744. The molecule has 27 heavy (non-hydrogen) atoms. The molecule has 5 nitrogen and oxygen atoms in total. The lowest BCUT2D eigenvalue weighted by Gasteiger charge is -2.45. The lowest BCUT2D eigenvalue weighted by Crippen LogP contribution is -2.59.